The number of ether oxygens (including phenoxy) is 1. The van der Waals surface area contributed by atoms with Crippen molar-refractivity contribution in [3.05, 3.63) is 46.8 Å². The van der Waals surface area contributed by atoms with Gasteiger partial charge in [-0.2, -0.15) is 0 Å². The summed E-state index contributed by atoms with van der Waals surface area (Å²) in [5.41, 5.74) is 2.43. The van der Waals surface area contributed by atoms with E-state index >= 15 is 0 Å². The lowest BCUT2D eigenvalue weighted by molar-refractivity contribution is 0.0935. The van der Waals surface area contributed by atoms with Crippen LogP contribution in [0.2, 0.25) is 0 Å². The third-order valence-electron chi connectivity index (χ3n) is 4.04. The van der Waals surface area contributed by atoms with E-state index in [1.54, 1.807) is 14.0 Å². The molecule has 0 saturated heterocycles. The van der Waals surface area contributed by atoms with Gasteiger partial charge in [0.2, 0.25) is 0 Å². The second-order valence-corrected chi connectivity index (χ2v) is 6.42. The molecule has 0 unspecified atom stereocenters. The largest absolute Gasteiger partial charge is 0.497 e. The molecule has 5 nitrogen and oxygen atoms in total. The Morgan fingerprint density at radius 2 is 1.92 bits per heavy atom. The predicted octanol–water partition coefficient (Wildman–Crippen LogP) is 3.87. The van der Waals surface area contributed by atoms with Gasteiger partial charge in [-0.3, -0.25) is 4.79 Å². The number of benzene rings is 1. The van der Waals surface area contributed by atoms with Crippen molar-refractivity contribution in [2.45, 2.75) is 52.5 Å². The average molecular weight is 330 g/mol. The van der Waals surface area contributed by atoms with Gasteiger partial charge in [-0.1, -0.05) is 31.1 Å². The molecule has 0 spiro atoms. The zero-order chi connectivity index (χ0) is 17.7. The third kappa shape index (κ3) is 4.37. The Morgan fingerprint density at radius 1 is 1.25 bits per heavy atom. The fourth-order valence-electron chi connectivity index (χ4n) is 2.60. The molecule has 1 heterocycles. The zero-order valence-corrected chi connectivity index (χ0v) is 15.1. The first kappa shape index (κ1) is 18.0. The molecule has 1 amide bonds. The van der Waals surface area contributed by atoms with Gasteiger partial charge in [0.1, 0.15) is 11.3 Å². The van der Waals surface area contributed by atoms with Gasteiger partial charge in [0.05, 0.1) is 12.8 Å². The Kier molecular flexibility index (Phi) is 6.01. The van der Waals surface area contributed by atoms with Crippen LogP contribution in [0.25, 0.3) is 0 Å². The van der Waals surface area contributed by atoms with E-state index in [0.717, 1.165) is 18.6 Å². The Morgan fingerprint density at radius 3 is 2.50 bits per heavy atom. The van der Waals surface area contributed by atoms with Crippen LogP contribution >= 0.6 is 0 Å². The summed E-state index contributed by atoms with van der Waals surface area (Å²) in [6.07, 6.45) is 1.75. The number of aromatic nitrogens is 1. The van der Waals surface area contributed by atoms with Crippen molar-refractivity contribution in [3.63, 3.8) is 0 Å². The molecular formula is C19H26N2O3. The number of methoxy groups -OCH3 is 1. The van der Waals surface area contributed by atoms with Crippen LogP contribution in [0.3, 0.4) is 0 Å². The van der Waals surface area contributed by atoms with E-state index in [2.05, 4.69) is 10.5 Å². The summed E-state index contributed by atoms with van der Waals surface area (Å²) in [4.78, 5) is 12.5. The van der Waals surface area contributed by atoms with Gasteiger partial charge in [0, 0.05) is 12.0 Å². The van der Waals surface area contributed by atoms with Crippen LogP contribution in [0, 0.1) is 6.92 Å². The lowest BCUT2D eigenvalue weighted by atomic mass is 10.0. The minimum absolute atomic E-state index is 0.0638. The van der Waals surface area contributed by atoms with Crippen molar-refractivity contribution in [2.24, 2.45) is 0 Å². The highest BCUT2D eigenvalue weighted by Crippen LogP contribution is 2.22. The number of hydrogen-bond donors (Lipinski definition) is 1. The van der Waals surface area contributed by atoms with Crippen molar-refractivity contribution in [1.29, 1.82) is 0 Å². The standard InChI is InChI=1S/C19H26N2O3/c1-12(2)18-17(14(4)21-24-18)19(22)20-13(3)6-7-15-8-10-16(23-5)11-9-15/h8-13H,6-7H2,1-5H3,(H,20,22)/t13-/m1/s1. The van der Waals surface area contributed by atoms with Crippen molar-refractivity contribution in [3.8, 4) is 5.75 Å². The molecule has 0 aliphatic carbocycles. The SMILES string of the molecule is COc1ccc(CC[C@@H](C)NC(=O)c2c(C)noc2C(C)C)cc1. The first-order valence-corrected chi connectivity index (χ1v) is 8.32. The number of aryl methyl sites for hydroxylation is 2. The molecule has 2 rings (SSSR count). The number of carbonyl (C=O) groups is 1. The Balaban J connectivity index is 1.93. The van der Waals surface area contributed by atoms with Gasteiger partial charge >= 0.3 is 0 Å². The molecule has 130 valence electrons. The fourth-order valence-corrected chi connectivity index (χ4v) is 2.60. The topological polar surface area (TPSA) is 64.4 Å². The molecule has 2 aromatic rings. The highest BCUT2D eigenvalue weighted by Gasteiger charge is 2.23. The molecular weight excluding hydrogens is 304 g/mol. The summed E-state index contributed by atoms with van der Waals surface area (Å²) in [6, 6.07) is 8.07. The lowest BCUT2D eigenvalue weighted by Crippen LogP contribution is -2.33. The summed E-state index contributed by atoms with van der Waals surface area (Å²) >= 11 is 0. The highest BCUT2D eigenvalue weighted by atomic mass is 16.5. The van der Waals surface area contributed by atoms with Crippen LogP contribution < -0.4 is 10.1 Å². The molecule has 0 fully saturated rings. The molecule has 1 aromatic carbocycles. The molecule has 0 aliphatic heterocycles. The van der Waals surface area contributed by atoms with Crippen molar-refractivity contribution < 1.29 is 14.1 Å². The maximum Gasteiger partial charge on any atom is 0.257 e. The quantitative estimate of drug-likeness (QED) is 0.837. The maximum absolute atomic E-state index is 12.5. The lowest BCUT2D eigenvalue weighted by Gasteiger charge is -2.14. The summed E-state index contributed by atoms with van der Waals surface area (Å²) in [5.74, 6) is 1.51. The van der Waals surface area contributed by atoms with Gasteiger partial charge in [0.15, 0.2) is 5.76 Å². The highest BCUT2D eigenvalue weighted by molar-refractivity contribution is 5.96. The van der Waals surface area contributed by atoms with E-state index in [-0.39, 0.29) is 17.9 Å². The zero-order valence-electron chi connectivity index (χ0n) is 15.1. The third-order valence-corrected chi connectivity index (χ3v) is 4.04. The summed E-state index contributed by atoms with van der Waals surface area (Å²) in [6.45, 7) is 7.79. The Labute approximate surface area is 143 Å². The first-order valence-electron chi connectivity index (χ1n) is 8.32. The molecule has 0 saturated carbocycles. The van der Waals surface area contributed by atoms with Crippen molar-refractivity contribution >= 4 is 5.91 Å². The van der Waals surface area contributed by atoms with Crippen LogP contribution in [0.4, 0.5) is 0 Å². The molecule has 5 heteroatoms. The number of nitrogens with zero attached hydrogens (tertiary/aromatic N) is 1. The summed E-state index contributed by atoms with van der Waals surface area (Å²) < 4.78 is 10.4. The van der Waals surface area contributed by atoms with E-state index in [0.29, 0.717) is 17.0 Å². The molecule has 1 N–H and O–H groups in total. The predicted molar refractivity (Wildman–Crippen MR) is 93.6 cm³/mol. The fraction of sp³-hybridized carbons (Fsp3) is 0.474. The molecule has 0 radical (unpaired) electrons. The summed E-state index contributed by atoms with van der Waals surface area (Å²) in [5, 5.41) is 6.98. The van der Waals surface area contributed by atoms with Crippen molar-refractivity contribution in [1.82, 2.24) is 10.5 Å². The van der Waals surface area contributed by atoms with E-state index < -0.39 is 0 Å². The minimum Gasteiger partial charge on any atom is -0.497 e. The Bertz CT molecular complexity index is 674. The number of rotatable bonds is 7. The van der Waals surface area contributed by atoms with Gasteiger partial charge in [0.25, 0.3) is 5.91 Å². The van der Waals surface area contributed by atoms with Gasteiger partial charge in [-0.25, -0.2) is 0 Å². The average Bonchev–Trinajstić information content (AvgIpc) is 2.95. The monoisotopic (exact) mass is 330 g/mol. The number of nitrogens with one attached hydrogen (secondary N) is 1. The van der Waals surface area contributed by atoms with Gasteiger partial charge in [-0.05, 0) is 44.4 Å². The van der Waals surface area contributed by atoms with Crippen LogP contribution in [0.15, 0.2) is 28.8 Å². The van der Waals surface area contributed by atoms with E-state index in [4.69, 9.17) is 9.26 Å². The minimum atomic E-state index is -0.111. The molecule has 1 aromatic heterocycles. The molecule has 24 heavy (non-hydrogen) atoms. The van der Waals surface area contributed by atoms with Gasteiger partial charge in [-0.15, -0.1) is 0 Å². The van der Waals surface area contributed by atoms with Crippen LogP contribution in [-0.2, 0) is 6.42 Å². The normalized spacial score (nSPS) is 12.2. The number of hydrogen-bond acceptors (Lipinski definition) is 4. The van der Waals surface area contributed by atoms with Crippen LogP contribution in [0.1, 0.15) is 60.5 Å². The van der Waals surface area contributed by atoms with Crippen LogP contribution in [0.5, 0.6) is 5.75 Å². The van der Waals surface area contributed by atoms with E-state index in [1.165, 1.54) is 5.56 Å². The molecule has 1 atom stereocenters. The van der Waals surface area contributed by atoms with Crippen LogP contribution in [-0.4, -0.2) is 24.2 Å². The van der Waals surface area contributed by atoms with Crippen molar-refractivity contribution in [2.75, 3.05) is 7.11 Å². The van der Waals surface area contributed by atoms with E-state index in [1.807, 2.05) is 45.0 Å². The smallest absolute Gasteiger partial charge is 0.257 e. The first-order chi connectivity index (χ1) is 11.4. The van der Waals surface area contributed by atoms with E-state index in [9.17, 15) is 4.79 Å². The Hall–Kier alpha value is -2.30. The summed E-state index contributed by atoms with van der Waals surface area (Å²) in [7, 11) is 1.66. The van der Waals surface area contributed by atoms with Gasteiger partial charge < -0.3 is 14.6 Å². The molecule has 0 aliphatic rings. The maximum atomic E-state index is 12.5. The second kappa shape index (κ2) is 7.99. The number of carbonyl (C=O) groups excluding carboxylic acids is 1. The number of amides is 1. The molecule has 0 bridgehead atoms. The second-order valence-electron chi connectivity index (χ2n) is 6.42.